The Bertz CT molecular complexity index is 1160. The Hall–Kier alpha value is -2.63. The van der Waals surface area contributed by atoms with Gasteiger partial charge in [0.15, 0.2) is 0 Å². The van der Waals surface area contributed by atoms with E-state index in [4.69, 9.17) is 0 Å². The van der Waals surface area contributed by atoms with Crippen LogP contribution in [0.1, 0.15) is 16.8 Å². The van der Waals surface area contributed by atoms with E-state index in [9.17, 15) is 35.6 Å². The van der Waals surface area contributed by atoms with Crippen molar-refractivity contribution in [3.63, 3.8) is 0 Å². The summed E-state index contributed by atoms with van der Waals surface area (Å²) in [5.41, 5.74) is -5.04. The maximum absolute atomic E-state index is 14.5. The number of hydrogen-bond donors (Lipinski definition) is 1. The summed E-state index contributed by atoms with van der Waals surface area (Å²) in [4.78, 5) is 24.5. The van der Waals surface area contributed by atoms with Crippen LogP contribution >= 0.6 is 0 Å². The Morgan fingerprint density at radius 2 is 1.81 bits per heavy atom. The second kappa shape index (κ2) is 5.43. The third-order valence-corrected chi connectivity index (χ3v) is 5.16. The van der Waals surface area contributed by atoms with Crippen molar-refractivity contribution in [3.05, 3.63) is 55.6 Å². The molecule has 0 bridgehead atoms. The number of fused-ring (bicyclic) bond motifs is 1. The first kappa shape index (κ1) is 18.2. The van der Waals surface area contributed by atoms with E-state index in [1.807, 2.05) is 0 Å². The minimum absolute atomic E-state index is 0.00440. The zero-order valence-corrected chi connectivity index (χ0v) is 14.1. The Labute approximate surface area is 143 Å². The Kier molecular flexibility index (Phi) is 3.80. The Balaban J connectivity index is 2.42. The van der Waals surface area contributed by atoms with Crippen LogP contribution in [0.3, 0.4) is 0 Å². The number of anilines is 1. The van der Waals surface area contributed by atoms with Crippen molar-refractivity contribution in [1.29, 1.82) is 0 Å². The van der Waals surface area contributed by atoms with Crippen molar-refractivity contribution < 1.29 is 26.0 Å². The highest BCUT2D eigenvalue weighted by Gasteiger charge is 2.36. The predicted molar refractivity (Wildman–Crippen MR) is 83.2 cm³/mol. The van der Waals surface area contributed by atoms with Gasteiger partial charge in [0.05, 0.1) is 17.1 Å². The number of nitrogens with zero attached hydrogens (tertiary/aromatic N) is 2. The molecule has 0 saturated carbocycles. The van der Waals surface area contributed by atoms with Crippen LogP contribution in [0.25, 0.3) is 5.69 Å². The van der Waals surface area contributed by atoms with Crippen molar-refractivity contribution in [2.75, 3.05) is 4.72 Å². The largest absolute Gasteiger partial charge is 0.431 e. The first-order valence-electron chi connectivity index (χ1n) is 7.06. The summed E-state index contributed by atoms with van der Waals surface area (Å²) in [6.07, 6.45) is -4.97. The quantitative estimate of drug-likeness (QED) is 0.739. The lowest BCUT2D eigenvalue weighted by molar-refractivity contribution is -0.144. The molecular formula is C14H11F4N3O4S. The van der Waals surface area contributed by atoms with Crippen LogP contribution < -0.4 is 16.0 Å². The molecule has 12 heteroatoms. The summed E-state index contributed by atoms with van der Waals surface area (Å²) in [7, 11) is -3.08. The SMILES string of the molecule is Cc1cc(F)c(-n2c(=O)cc(C(F)(F)F)n(C)c2=O)c2c1NS(=O)(=O)C2. The molecular weight excluding hydrogens is 382 g/mol. The van der Waals surface area contributed by atoms with E-state index in [-0.39, 0.29) is 32.0 Å². The average Bonchev–Trinajstić information content (AvgIpc) is 2.81. The Morgan fingerprint density at radius 3 is 2.38 bits per heavy atom. The van der Waals surface area contributed by atoms with Gasteiger partial charge in [0.25, 0.3) is 5.56 Å². The summed E-state index contributed by atoms with van der Waals surface area (Å²) >= 11 is 0. The number of nitrogens with one attached hydrogen (secondary N) is 1. The van der Waals surface area contributed by atoms with Crippen molar-refractivity contribution in [2.45, 2.75) is 18.9 Å². The predicted octanol–water partition coefficient (Wildman–Crippen LogP) is 1.26. The van der Waals surface area contributed by atoms with E-state index in [1.54, 1.807) is 0 Å². The van der Waals surface area contributed by atoms with Crippen LogP contribution in [0.2, 0.25) is 0 Å². The number of halogens is 4. The van der Waals surface area contributed by atoms with Crippen LogP contribution in [0.15, 0.2) is 21.7 Å². The fraction of sp³-hybridized carbons (Fsp3) is 0.286. The maximum Gasteiger partial charge on any atom is 0.431 e. The molecule has 0 radical (unpaired) electrons. The average molecular weight is 393 g/mol. The number of rotatable bonds is 1. The zero-order valence-electron chi connectivity index (χ0n) is 13.3. The number of benzene rings is 1. The molecule has 2 heterocycles. The molecule has 0 spiro atoms. The van der Waals surface area contributed by atoms with E-state index in [0.717, 1.165) is 13.1 Å². The van der Waals surface area contributed by atoms with E-state index in [1.165, 1.54) is 6.92 Å². The lowest BCUT2D eigenvalue weighted by atomic mass is 10.1. The van der Waals surface area contributed by atoms with E-state index in [2.05, 4.69) is 4.72 Å². The summed E-state index contributed by atoms with van der Waals surface area (Å²) < 4.78 is 79.4. The second-order valence-electron chi connectivity index (χ2n) is 5.78. The summed E-state index contributed by atoms with van der Waals surface area (Å²) in [5.74, 6) is -1.81. The van der Waals surface area contributed by atoms with Crippen LogP contribution in [0, 0.1) is 12.7 Å². The van der Waals surface area contributed by atoms with Gasteiger partial charge in [-0.2, -0.15) is 13.2 Å². The van der Waals surface area contributed by atoms with Crippen molar-refractivity contribution >= 4 is 15.7 Å². The standard InChI is InChI=1S/C14H11F4N3O4S/c1-6-3-8(15)12(7-5-26(24,25)19-11(6)7)21-10(22)4-9(14(16,17)18)20(2)13(21)23/h3-4,19H,5H2,1-2H3. The van der Waals surface area contributed by atoms with E-state index >= 15 is 0 Å². The van der Waals surface area contributed by atoms with Gasteiger partial charge in [-0.3, -0.25) is 14.1 Å². The lowest BCUT2D eigenvalue weighted by Crippen LogP contribution is -2.41. The number of hydrogen-bond acceptors (Lipinski definition) is 4. The van der Waals surface area contributed by atoms with Gasteiger partial charge < -0.3 is 0 Å². The first-order valence-corrected chi connectivity index (χ1v) is 8.72. The monoisotopic (exact) mass is 393 g/mol. The van der Waals surface area contributed by atoms with Crippen LogP contribution in [0.5, 0.6) is 0 Å². The molecule has 0 saturated heterocycles. The molecule has 0 fully saturated rings. The topological polar surface area (TPSA) is 90.2 Å². The van der Waals surface area contributed by atoms with Gasteiger partial charge in [0, 0.05) is 18.7 Å². The fourth-order valence-corrected chi connectivity index (χ4v) is 4.17. The van der Waals surface area contributed by atoms with Crippen LogP contribution in [-0.4, -0.2) is 17.6 Å². The van der Waals surface area contributed by atoms with Crippen molar-refractivity contribution in [2.24, 2.45) is 7.05 Å². The molecule has 2 aromatic rings. The number of aryl methyl sites for hydroxylation is 1. The van der Waals surface area contributed by atoms with Gasteiger partial charge in [-0.25, -0.2) is 22.2 Å². The molecule has 140 valence electrons. The minimum Gasteiger partial charge on any atom is -0.292 e. The third-order valence-electron chi connectivity index (χ3n) is 3.98. The molecule has 3 rings (SSSR count). The molecule has 1 aromatic heterocycles. The molecule has 26 heavy (non-hydrogen) atoms. The highest BCUT2D eigenvalue weighted by Crippen LogP contribution is 2.36. The fourth-order valence-electron chi connectivity index (χ4n) is 2.84. The summed E-state index contributed by atoms with van der Waals surface area (Å²) in [6.45, 7) is 1.41. The number of sulfonamides is 1. The Morgan fingerprint density at radius 1 is 1.19 bits per heavy atom. The zero-order chi connectivity index (χ0) is 19.6. The molecule has 1 aromatic carbocycles. The number of aromatic nitrogens is 2. The number of alkyl halides is 3. The van der Waals surface area contributed by atoms with Gasteiger partial charge in [-0.15, -0.1) is 0 Å². The second-order valence-corrected chi connectivity index (χ2v) is 7.50. The smallest absolute Gasteiger partial charge is 0.292 e. The maximum atomic E-state index is 14.5. The summed E-state index contributed by atoms with van der Waals surface area (Å²) in [6, 6.07) is 1.05. The molecule has 1 aliphatic heterocycles. The van der Waals surface area contributed by atoms with Crippen LogP contribution in [-0.2, 0) is 29.0 Å². The molecule has 1 aliphatic rings. The first-order chi connectivity index (χ1) is 11.8. The van der Waals surface area contributed by atoms with Crippen molar-refractivity contribution in [3.8, 4) is 5.69 Å². The van der Waals surface area contributed by atoms with Gasteiger partial charge in [0.2, 0.25) is 10.0 Å². The summed E-state index contributed by atoms with van der Waals surface area (Å²) in [5, 5.41) is 0. The molecule has 0 aliphatic carbocycles. The van der Waals surface area contributed by atoms with Gasteiger partial charge in [0.1, 0.15) is 11.5 Å². The molecule has 0 unspecified atom stereocenters. The molecule has 0 amide bonds. The minimum atomic E-state index is -4.97. The van der Waals surface area contributed by atoms with E-state index in [0.29, 0.717) is 0 Å². The van der Waals surface area contributed by atoms with Gasteiger partial charge >= 0.3 is 11.9 Å². The van der Waals surface area contributed by atoms with Crippen LogP contribution in [0.4, 0.5) is 23.2 Å². The third kappa shape index (κ3) is 2.69. The van der Waals surface area contributed by atoms with Crippen molar-refractivity contribution in [1.82, 2.24) is 9.13 Å². The normalized spacial score (nSPS) is 15.6. The highest BCUT2D eigenvalue weighted by atomic mass is 32.2. The van der Waals surface area contributed by atoms with E-state index < -0.39 is 50.4 Å². The lowest BCUT2D eigenvalue weighted by Gasteiger charge is -2.16. The molecule has 1 N–H and O–H groups in total. The molecule has 0 atom stereocenters. The highest BCUT2D eigenvalue weighted by molar-refractivity contribution is 7.92. The van der Waals surface area contributed by atoms with Gasteiger partial charge in [-0.05, 0) is 18.6 Å². The van der Waals surface area contributed by atoms with Gasteiger partial charge in [-0.1, -0.05) is 0 Å². The molecule has 7 nitrogen and oxygen atoms in total.